The van der Waals surface area contributed by atoms with E-state index in [9.17, 15) is 0 Å². The molecule has 0 radical (unpaired) electrons. The van der Waals surface area contributed by atoms with Crippen LogP contribution in [-0.4, -0.2) is 37.5 Å². The Morgan fingerprint density at radius 1 is 1.50 bits per heavy atom. The second-order valence-electron chi connectivity index (χ2n) is 2.23. The van der Waals surface area contributed by atoms with Gasteiger partial charge in [-0.05, 0) is 6.42 Å². The van der Waals surface area contributed by atoms with Crippen molar-refractivity contribution in [2.75, 3.05) is 26.3 Å². The summed E-state index contributed by atoms with van der Waals surface area (Å²) in [5.41, 5.74) is 0. The first-order valence-electron chi connectivity index (χ1n) is 3.36. The van der Waals surface area contributed by atoms with Gasteiger partial charge in [0.25, 0.3) is 0 Å². The van der Waals surface area contributed by atoms with Crippen LogP contribution in [0.15, 0.2) is 0 Å². The monoisotopic (exact) mass is 167 g/mol. The Kier molecular flexibility index (Phi) is 6.02. The van der Waals surface area contributed by atoms with Crippen molar-refractivity contribution in [3.63, 3.8) is 0 Å². The molecule has 0 unspecified atom stereocenters. The van der Waals surface area contributed by atoms with Crippen molar-refractivity contribution in [2.45, 2.75) is 12.5 Å². The molecule has 0 aliphatic carbocycles. The quantitative estimate of drug-likeness (QED) is 0.569. The highest BCUT2D eigenvalue weighted by Gasteiger charge is 2.15. The van der Waals surface area contributed by atoms with Gasteiger partial charge < -0.3 is 15.2 Å². The molecule has 1 aliphatic heterocycles. The van der Waals surface area contributed by atoms with E-state index in [0.29, 0.717) is 12.7 Å². The largest absolute Gasteiger partial charge is 0.396 e. The Labute approximate surface area is 67.2 Å². The SMILES string of the molecule is Cl.OCCCOC1CNC1. The Bertz CT molecular complexity index is 78.1. The molecule has 1 aliphatic rings. The Hall–Kier alpha value is 0.170. The lowest BCUT2D eigenvalue weighted by Gasteiger charge is -2.26. The zero-order valence-corrected chi connectivity index (χ0v) is 6.69. The number of hydrogen-bond donors (Lipinski definition) is 2. The molecule has 62 valence electrons. The van der Waals surface area contributed by atoms with Crippen LogP contribution in [0.4, 0.5) is 0 Å². The predicted octanol–water partition coefficient (Wildman–Crippen LogP) is -0.221. The van der Waals surface area contributed by atoms with Gasteiger partial charge in [0, 0.05) is 26.3 Å². The van der Waals surface area contributed by atoms with E-state index in [1.165, 1.54) is 0 Å². The highest BCUT2D eigenvalue weighted by molar-refractivity contribution is 5.85. The molecule has 1 fully saturated rings. The third kappa shape index (κ3) is 3.37. The minimum Gasteiger partial charge on any atom is -0.396 e. The topological polar surface area (TPSA) is 41.5 Å². The minimum atomic E-state index is 0. The standard InChI is InChI=1S/C6H13NO2.ClH/c8-2-1-3-9-6-4-7-5-6;/h6-8H,1-5H2;1H. The summed E-state index contributed by atoms with van der Waals surface area (Å²) in [7, 11) is 0. The maximum Gasteiger partial charge on any atom is 0.0823 e. The van der Waals surface area contributed by atoms with Crippen molar-refractivity contribution in [3.8, 4) is 0 Å². The van der Waals surface area contributed by atoms with Gasteiger partial charge in [0.15, 0.2) is 0 Å². The lowest BCUT2D eigenvalue weighted by molar-refractivity contribution is 0.0125. The van der Waals surface area contributed by atoms with Gasteiger partial charge in [0.1, 0.15) is 0 Å². The molecule has 0 amide bonds. The molecule has 0 saturated carbocycles. The van der Waals surface area contributed by atoms with Crippen LogP contribution in [0.2, 0.25) is 0 Å². The summed E-state index contributed by atoms with van der Waals surface area (Å²) in [6, 6.07) is 0. The summed E-state index contributed by atoms with van der Waals surface area (Å²) in [4.78, 5) is 0. The zero-order valence-electron chi connectivity index (χ0n) is 5.88. The first kappa shape index (κ1) is 10.2. The molecule has 0 bridgehead atoms. The van der Waals surface area contributed by atoms with Crippen molar-refractivity contribution in [2.24, 2.45) is 0 Å². The van der Waals surface area contributed by atoms with Crippen LogP contribution < -0.4 is 5.32 Å². The summed E-state index contributed by atoms with van der Waals surface area (Å²) in [6.07, 6.45) is 1.17. The average molecular weight is 168 g/mol. The Morgan fingerprint density at radius 2 is 2.20 bits per heavy atom. The van der Waals surface area contributed by atoms with Crippen LogP contribution >= 0.6 is 12.4 Å². The first-order valence-corrected chi connectivity index (χ1v) is 3.36. The highest BCUT2D eigenvalue weighted by Crippen LogP contribution is 1.97. The minimum absolute atomic E-state index is 0. The average Bonchev–Trinajstić information content (AvgIpc) is 1.76. The summed E-state index contributed by atoms with van der Waals surface area (Å²) in [5.74, 6) is 0. The first-order chi connectivity index (χ1) is 4.43. The van der Waals surface area contributed by atoms with Crippen LogP contribution in [0.25, 0.3) is 0 Å². The fraction of sp³-hybridized carbons (Fsp3) is 1.00. The normalized spacial score (nSPS) is 17.7. The fourth-order valence-corrected chi connectivity index (χ4v) is 0.695. The number of halogens is 1. The van der Waals surface area contributed by atoms with E-state index in [0.717, 1.165) is 19.5 Å². The Balaban J connectivity index is 0.000000810. The van der Waals surface area contributed by atoms with E-state index >= 15 is 0 Å². The molecule has 3 nitrogen and oxygen atoms in total. The highest BCUT2D eigenvalue weighted by atomic mass is 35.5. The molecule has 0 spiro atoms. The van der Waals surface area contributed by atoms with Gasteiger partial charge in [-0.1, -0.05) is 0 Å². The maximum absolute atomic E-state index is 8.37. The van der Waals surface area contributed by atoms with E-state index in [1.54, 1.807) is 0 Å². The van der Waals surface area contributed by atoms with E-state index in [1.807, 2.05) is 0 Å². The maximum atomic E-state index is 8.37. The van der Waals surface area contributed by atoms with Gasteiger partial charge in [-0.15, -0.1) is 12.4 Å². The van der Waals surface area contributed by atoms with Gasteiger partial charge in [-0.25, -0.2) is 0 Å². The summed E-state index contributed by atoms with van der Waals surface area (Å²) in [5, 5.41) is 11.5. The zero-order chi connectivity index (χ0) is 6.53. The Morgan fingerprint density at radius 3 is 2.60 bits per heavy atom. The molecule has 0 aromatic rings. The van der Waals surface area contributed by atoms with E-state index in [4.69, 9.17) is 9.84 Å². The number of aliphatic hydroxyl groups excluding tert-OH is 1. The van der Waals surface area contributed by atoms with Crippen molar-refractivity contribution in [1.29, 1.82) is 0 Å². The van der Waals surface area contributed by atoms with Crippen LogP contribution in [-0.2, 0) is 4.74 Å². The van der Waals surface area contributed by atoms with Gasteiger partial charge in [0.05, 0.1) is 6.10 Å². The molecular formula is C6H14ClNO2. The molecular weight excluding hydrogens is 154 g/mol. The fourth-order valence-electron chi connectivity index (χ4n) is 0.695. The molecule has 4 heteroatoms. The van der Waals surface area contributed by atoms with E-state index < -0.39 is 0 Å². The second-order valence-corrected chi connectivity index (χ2v) is 2.23. The third-order valence-electron chi connectivity index (χ3n) is 1.40. The second kappa shape index (κ2) is 5.92. The van der Waals surface area contributed by atoms with E-state index in [2.05, 4.69) is 5.32 Å². The molecule has 1 rings (SSSR count). The van der Waals surface area contributed by atoms with Crippen LogP contribution in [0, 0.1) is 0 Å². The lowest BCUT2D eigenvalue weighted by atomic mass is 10.2. The summed E-state index contributed by atoms with van der Waals surface area (Å²) >= 11 is 0. The number of nitrogens with one attached hydrogen (secondary N) is 1. The van der Waals surface area contributed by atoms with Crippen LogP contribution in [0.5, 0.6) is 0 Å². The smallest absolute Gasteiger partial charge is 0.0823 e. The van der Waals surface area contributed by atoms with Gasteiger partial charge in [-0.3, -0.25) is 0 Å². The molecule has 1 saturated heterocycles. The number of hydrogen-bond acceptors (Lipinski definition) is 3. The van der Waals surface area contributed by atoms with Gasteiger partial charge in [0.2, 0.25) is 0 Å². The van der Waals surface area contributed by atoms with Crippen LogP contribution in [0.1, 0.15) is 6.42 Å². The third-order valence-corrected chi connectivity index (χ3v) is 1.40. The molecule has 0 aromatic heterocycles. The van der Waals surface area contributed by atoms with Crippen molar-refractivity contribution >= 4 is 12.4 Å². The van der Waals surface area contributed by atoms with Gasteiger partial charge in [-0.2, -0.15) is 0 Å². The summed E-state index contributed by atoms with van der Waals surface area (Å²) < 4.78 is 5.30. The molecule has 2 N–H and O–H groups in total. The van der Waals surface area contributed by atoms with Crippen LogP contribution in [0.3, 0.4) is 0 Å². The van der Waals surface area contributed by atoms with Crippen molar-refractivity contribution < 1.29 is 9.84 Å². The molecule has 0 aromatic carbocycles. The number of ether oxygens (including phenoxy) is 1. The summed E-state index contributed by atoms with van der Waals surface area (Å²) in [6.45, 7) is 2.89. The van der Waals surface area contributed by atoms with Crippen molar-refractivity contribution in [1.82, 2.24) is 5.32 Å². The number of aliphatic hydroxyl groups is 1. The van der Waals surface area contributed by atoms with E-state index in [-0.39, 0.29) is 19.0 Å². The van der Waals surface area contributed by atoms with Crippen molar-refractivity contribution in [3.05, 3.63) is 0 Å². The molecule has 1 heterocycles. The lowest BCUT2D eigenvalue weighted by Crippen LogP contribution is -2.48. The van der Waals surface area contributed by atoms with Gasteiger partial charge >= 0.3 is 0 Å². The molecule has 0 atom stereocenters. The predicted molar refractivity (Wildman–Crippen MR) is 41.6 cm³/mol. The number of rotatable bonds is 4. The molecule has 10 heavy (non-hydrogen) atoms.